The molecule has 0 radical (unpaired) electrons. The minimum atomic E-state index is -1.30. The zero-order valence-electron chi connectivity index (χ0n) is 15.1. The molecular weight excluding hydrogens is 354 g/mol. The van der Waals surface area contributed by atoms with Crippen molar-refractivity contribution in [3.05, 3.63) is 29.8 Å². The topological polar surface area (TPSA) is 116 Å². The van der Waals surface area contributed by atoms with Crippen LogP contribution >= 0.6 is 0 Å². The fourth-order valence-corrected chi connectivity index (χ4v) is 3.51. The van der Waals surface area contributed by atoms with E-state index in [0.29, 0.717) is 30.7 Å². The third-order valence-corrected chi connectivity index (χ3v) is 5.09. The average molecular weight is 375 g/mol. The van der Waals surface area contributed by atoms with Crippen molar-refractivity contribution < 1.29 is 29.0 Å². The van der Waals surface area contributed by atoms with Crippen LogP contribution < -0.4 is 10.1 Å². The van der Waals surface area contributed by atoms with Crippen molar-refractivity contribution in [3.63, 3.8) is 0 Å². The molecule has 9 nitrogen and oxygen atoms in total. The van der Waals surface area contributed by atoms with Crippen molar-refractivity contribution >= 4 is 23.8 Å². The fraction of sp³-hybridized carbons (Fsp3) is 0.444. The molecule has 2 aliphatic rings. The van der Waals surface area contributed by atoms with Gasteiger partial charge in [-0.3, -0.25) is 14.5 Å². The van der Waals surface area contributed by atoms with E-state index in [-0.39, 0.29) is 0 Å². The molecule has 2 heterocycles. The summed E-state index contributed by atoms with van der Waals surface area (Å²) in [6.07, 6.45) is 0.942. The van der Waals surface area contributed by atoms with Gasteiger partial charge in [0.2, 0.25) is 5.91 Å². The Kier molecular flexibility index (Phi) is 4.77. The molecule has 2 saturated heterocycles. The smallest absolute Gasteiger partial charge is 0.326 e. The molecule has 0 saturated carbocycles. The maximum Gasteiger partial charge on any atom is 0.326 e. The lowest BCUT2D eigenvalue weighted by molar-refractivity contribution is -0.149. The SMILES string of the molecule is COc1ccc(C2(C)NC(=O)N(CC(=O)N3CCC[C@H]3C(=O)O)C2=O)cc1. The van der Waals surface area contributed by atoms with E-state index in [9.17, 15) is 24.3 Å². The summed E-state index contributed by atoms with van der Waals surface area (Å²) in [5.41, 5.74) is -0.748. The molecule has 2 atom stereocenters. The maximum atomic E-state index is 12.9. The first-order chi connectivity index (χ1) is 12.8. The average Bonchev–Trinajstić information content (AvgIpc) is 3.22. The molecule has 1 aromatic rings. The second-order valence-corrected chi connectivity index (χ2v) is 6.76. The van der Waals surface area contributed by atoms with Crippen LogP contribution in [0.1, 0.15) is 25.3 Å². The van der Waals surface area contributed by atoms with Crippen LogP contribution in [-0.4, -0.2) is 65.0 Å². The second kappa shape index (κ2) is 6.90. The zero-order valence-corrected chi connectivity index (χ0v) is 15.1. The maximum absolute atomic E-state index is 12.9. The van der Waals surface area contributed by atoms with Gasteiger partial charge in [-0.15, -0.1) is 0 Å². The largest absolute Gasteiger partial charge is 0.497 e. The first-order valence-corrected chi connectivity index (χ1v) is 8.59. The highest BCUT2D eigenvalue weighted by atomic mass is 16.5. The number of nitrogens with zero attached hydrogens (tertiary/aromatic N) is 2. The number of hydrogen-bond acceptors (Lipinski definition) is 5. The minimum Gasteiger partial charge on any atom is -0.497 e. The van der Waals surface area contributed by atoms with Crippen molar-refractivity contribution in [2.75, 3.05) is 20.2 Å². The molecule has 1 unspecified atom stereocenters. The highest BCUT2D eigenvalue weighted by Crippen LogP contribution is 2.30. The van der Waals surface area contributed by atoms with Gasteiger partial charge in [0, 0.05) is 6.54 Å². The van der Waals surface area contributed by atoms with Gasteiger partial charge >= 0.3 is 12.0 Å². The van der Waals surface area contributed by atoms with Crippen LogP contribution in [-0.2, 0) is 19.9 Å². The molecule has 2 fully saturated rings. The molecule has 0 aromatic heterocycles. The number of carboxylic acids is 1. The Bertz CT molecular complexity index is 793. The molecule has 2 N–H and O–H groups in total. The van der Waals surface area contributed by atoms with Crippen LogP contribution in [0.4, 0.5) is 4.79 Å². The van der Waals surface area contributed by atoms with Gasteiger partial charge in [-0.2, -0.15) is 0 Å². The summed E-state index contributed by atoms with van der Waals surface area (Å²) < 4.78 is 5.09. The number of rotatable bonds is 5. The fourth-order valence-electron chi connectivity index (χ4n) is 3.51. The van der Waals surface area contributed by atoms with Gasteiger partial charge in [0.15, 0.2) is 0 Å². The quantitative estimate of drug-likeness (QED) is 0.726. The summed E-state index contributed by atoms with van der Waals surface area (Å²) >= 11 is 0. The van der Waals surface area contributed by atoms with Crippen molar-refractivity contribution in [2.24, 2.45) is 0 Å². The summed E-state index contributed by atoms with van der Waals surface area (Å²) in [5.74, 6) is -1.58. The molecule has 0 bridgehead atoms. The Morgan fingerprint density at radius 3 is 2.56 bits per heavy atom. The second-order valence-electron chi connectivity index (χ2n) is 6.76. The number of benzene rings is 1. The zero-order chi connectivity index (χ0) is 19.8. The number of hydrogen-bond donors (Lipinski definition) is 2. The molecule has 144 valence electrons. The Hall–Kier alpha value is -3.10. The molecule has 27 heavy (non-hydrogen) atoms. The summed E-state index contributed by atoms with van der Waals surface area (Å²) in [6.45, 7) is 1.38. The third-order valence-electron chi connectivity index (χ3n) is 5.09. The van der Waals surface area contributed by atoms with E-state index in [1.165, 1.54) is 12.0 Å². The summed E-state index contributed by atoms with van der Waals surface area (Å²) in [7, 11) is 1.52. The van der Waals surface area contributed by atoms with Crippen LogP contribution in [0.15, 0.2) is 24.3 Å². The van der Waals surface area contributed by atoms with Gasteiger partial charge < -0.3 is 20.1 Å². The van der Waals surface area contributed by atoms with Crippen molar-refractivity contribution in [1.29, 1.82) is 0 Å². The predicted octanol–water partition coefficient (Wildman–Crippen LogP) is 0.538. The number of urea groups is 1. The Morgan fingerprint density at radius 2 is 1.96 bits per heavy atom. The van der Waals surface area contributed by atoms with E-state index in [4.69, 9.17) is 4.74 Å². The van der Waals surface area contributed by atoms with Crippen LogP contribution in [0.3, 0.4) is 0 Å². The highest BCUT2D eigenvalue weighted by molar-refractivity contribution is 6.09. The highest BCUT2D eigenvalue weighted by Gasteiger charge is 2.50. The van der Waals surface area contributed by atoms with Gasteiger partial charge in [0.25, 0.3) is 5.91 Å². The number of methoxy groups -OCH3 is 1. The van der Waals surface area contributed by atoms with E-state index in [1.54, 1.807) is 31.2 Å². The van der Waals surface area contributed by atoms with E-state index in [2.05, 4.69) is 5.32 Å². The Balaban J connectivity index is 1.77. The van der Waals surface area contributed by atoms with Crippen LogP contribution in [0.25, 0.3) is 0 Å². The van der Waals surface area contributed by atoms with E-state index in [1.807, 2.05) is 0 Å². The minimum absolute atomic E-state index is 0.301. The predicted molar refractivity (Wildman–Crippen MR) is 93.0 cm³/mol. The standard InChI is InChI=1S/C18H21N3O6/c1-18(11-5-7-12(27-2)8-6-11)16(25)21(17(26)19-18)10-14(22)20-9-3-4-13(20)15(23)24/h5-8,13H,3-4,9-10H2,1-2H3,(H,19,26)(H,23,24)/t13-,18?/m0/s1. The monoisotopic (exact) mass is 375 g/mol. The lowest BCUT2D eigenvalue weighted by atomic mass is 9.92. The number of ether oxygens (including phenoxy) is 1. The summed E-state index contributed by atoms with van der Waals surface area (Å²) in [5, 5.41) is 11.8. The third kappa shape index (κ3) is 3.20. The molecular formula is C18H21N3O6. The Morgan fingerprint density at radius 1 is 1.30 bits per heavy atom. The first-order valence-electron chi connectivity index (χ1n) is 8.59. The van der Waals surface area contributed by atoms with Crippen LogP contribution in [0.2, 0.25) is 0 Å². The Labute approximate surface area is 155 Å². The summed E-state index contributed by atoms with van der Waals surface area (Å²) in [6, 6.07) is 5.10. The summed E-state index contributed by atoms with van der Waals surface area (Å²) in [4.78, 5) is 51.0. The van der Waals surface area contributed by atoms with E-state index < -0.39 is 41.9 Å². The number of nitrogens with one attached hydrogen (secondary N) is 1. The lowest BCUT2D eigenvalue weighted by Gasteiger charge is -2.25. The van der Waals surface area contributed by atoms with Gasteiger partial charge in [-0.05, 0) is 37.5 Å². The lowest BCUT2D eigenvalue weighted by Crippen LogP contribution is -2.47. The number of amides is 4. The molecule has 4 amide bonds. The molecule has 1 aromatic carbocycles. The number of aliphatic carboxylic acids is 1. The van der Waals surface area contributed by atoms with Gasteiger partial charge in [-0.25, -0.2) is 9.59 Å². The van der Waals surface area contributed by atoms with Gasteiger partial charge in [-0.1, -0.05) is 12.1 Å². The van der Waals surface area contributed by atoms with Gasteiger partial charge in [0.1, 0.15) is 23.9 Å². The van der Waals surface area contributed by atoms with Crippen LogP contribution in [0.5, 0.6) is 5.75 Å². The van der Waals surface area contributed by atoms with Crippen LogP contribution in [0, 0.1) is 0 Å². The number of likely N-dealkylation sites (tertiary alicyclic amines) is 1. The molecule has 9 heteroatoms. The molecule has 3 rings (SSSR count). The first kappa shape index (κ1) is 18.7. The van der Waals surface area contributed by atoms with Crippen molar-refractivity contribution in [2.45, 2.75) is 31.3 Å². The normalized spacial score (nSPS) is 24.9. The van der Waals surface area contributed by atoms with Crippen molar-refractivity contribution in [3.8, 4) is 5.75 Å². The molecule has 0 aliphatic carbocycles. The van der Waals surface area contributed by atoms with E-state index in [0.717, 1.165) is 4.90 Å². The molecule has 0 spiro atoms. The van der Waals surface area contributed by atoms with E-state index >= 15 is 0 Å². The van der Waals surface area contributed by atoms with Gasteiger partial charge in [0.05, 0.1) is 7.11 Å². The number of carbonyl (C=O) groups is 4. The number of carboxylic acid groups (broad SMARTS) is 1. The number of carbonyl (C=O) groups excluding carboxylic acids is 3. The van der Waals surface area contributed by atoms with Crippen molar-refractivity contribution in [1.82, 2.24) is 15.1 Å². The molecule has 2 aliphatic heterocycles. The number of imide groups is 1.